The molecule has 1 aromatic heterocycles. The third-order valence-electron chi connectivity index (χ3n) is 3.60. The largest absolute Gasteiger partial charge is 0.398 e. The lowest BCUT2D eigenvalue weighted by atomic mass is 10.1. The topological polar surface area (TPSA) is 59.2 Å². The molecule has 0 bridgehead atoms. The van der Waals surface area contributed by atoms with E-state index < -0.39 is 5.82 Å². The van der Waals surface area contributed by atoms with Crippen LogP contribution in [0, 0.1) is 5.82 Å². The second kappa shape index (κ2) is 5.52. The molecule has 5 heteroatoms. The standard InChI is InChI=1S/C16H16FN3O/c17-13-7-12(8-19-9-13)16(21)20(14-5-6-14)10-11-3-1-2-4-15(11)18/h1-4,7-9,14H,5-6,10,18H2. The summed E-state index contributed by atoms with van der Waals surface area (Å²) in [5.74, 6) is -0.705. The Morgan fingerprint density at radius 3 is 2.76 bits per heavy atom. The maximum atomic E-state index is 13.2. The summed E-state index contributed by atoms with van der Waals surface area (Å²) in [6.45, 7) is 0.437. The quantitative estimate of drug-likeness (QED) is 0.878. The molecule has 2 aromatic rings. The van der Waals surface area contributed by atoms with Crippen molar-refractivity contribution < 1.29 is 9.18 Å². The molecule has 0 radical (unpaired) electrons. The molecule has 1 aliphatic rings. The van der Waals surface area contributed by atoms with Gasteiger partial charge in [0.05, 0.1) is 11.8 Å². The number of benzene rings is 1. The van der Waals surface area contributed by atoms with Crippen LogP contribution in [-0.2, 0) is 6.54 Å². The molecule has 0 aliphatic heterocycles. The number of pyridine rings is 1. The molecular weight excluding hydrogens is 269 g/mol. The summed E-state index contributed by atoms with van der Waals surface area (Å²) in [6, 6.07) is 8.90. The van der Waals surface area contributed by atoms with Gasteiger partial charge in [-0.05, 0) is 30.5 Å². The Balaban J connectivity index is 1.85. The zero-order chi connectivity index (χ0) is 14.8. The van der Waals surface area contributed by atoms with Gasteiger partial charge in [0.15, 0.2) is 0 Å². The minimum Gasteiger partial charge on any atom is -0.398 e. The molecular formula is C16H16FN3O. The van der Waals surface area contributed by atoms with Crippen LogP contribution in [0.4, 0.5) is 10.1 Å². The van der Waals surface area contributed by atoms with Crippen molar-refractivity contribution in [2.75, 3.05) is 5.73 Å². The number of aromatic nitrogens is 1. The normalized spacial score (nSPS) is 14.0. The highest BCUT2D eigenvalue weighted by Gasteiger charge is 2.33. The van der Waals surface area contributed by atoms with Crippen LogP contribution in [0.5, 0.6) is 0 Å². The number of hydrogen-bond donors (Lipinski definition) is 1. The number of carbonyl (C=O) groups excluding carboxylic acids is 1. The number of nitrogens with two attached hydrogens (primary N) is 1. The number of nitrogen functional groups attached to an aromatic ring is 1. The lowest BCUT2D eigenvalue weighted by Gasteiger charge is -2.23. The van der Waals surface area contributed by atoms with Crippen LogP contribution in [0.1, 0.15) is 28.8 Å². The monoisotopic (exact) mass is 285 g/mol. The van der Waals surface area contributed by atoms with Crippen molar-refractivity contribution in [3.8, 4) is 0 Å². The van der Waals surface area contributed by atoms with Crippen LogP contribution in [0.25, 0.3) is 0 Å². The van der Waals surface area contributed by atoms with Gasteiger partial charge in [0, 0.05) is 24.5 Å². The van der Waals surface area contributed by atoms with Gasteiger partial charge in [-0.1, -0.05) is 18.2 Å². The SMILES string of the molecule is Nc1ccccc1CN(C(=O)c1cncc(F)c1)C1CC1. The minimum atomic E-state index is -0.504. The third-order valence-corrected chi connectivity index (χ3v) is 3.60. The van der Waals surface area contributed by atoms with Crippen LogP contribution in [-0.4, -0.2) is 21.8 Å². The summed E-state index contributed by atoms with van der Waals surface area (Å²) in [5.41, 5.74) is 7.78. The molecule has 2 N–H and O–H groups in total. The Labute approximate surface area is 122 Å². The van der Waals surface area contributed by atoms with E-state index in [0.717, 1.165) is 24.6 Å². The molecule has 1 aliphatic carbocycles. The lowest BCUT2D eigenvalue weighted by Crippen LogP contribution is -2.33. The summed E-state index contributed by atoms with van der Waals surface area (Å²) in [6.07, 6.45) is 4.44. The van der Waals surface area contributed by atoms with E-state index >= 15 is 0 Å². The maximum absolute atomic E-state index is 13.2. The summed E-state index contributed by atoms with van der Waals surface area (Å²) in [4.78, 5) is 18.1. The van der Waals surface area contributed by atoms with Crippen LogP contribution < -0.4 is 5.73 Å². The molecule has 1 aromatic carbocycles. The lowest BCUT2D eigenvalue weighted by molar-refractivity contribution is 0.0729. The molecule has 108 valence electrons. The maximum Gasteiger partial charge on any atom is 0.256 e. The van der Waals surface area contributed by atoms with Crippen molar-refractivity contribution in [2.24, 2.45) is 0 Å². The second-order valence-electron chi connectivity index (χ2n) is 5.25. The number of para-hydroxylation sites is 1. The minimum absolute atomic E-state index is 0.201. The number of carbonyl (C=O) groups is 1. The van der Waals surface area contributed by atoms with E-state index in [1.165, 1.54) is 12.3 Å². The van der Waals surface area contributed by atoms with Gasteiger partial charge in [-0.15, -0.1) is 0 Å². The predicted molar refractivity (Wildman–Crippen MR) is 77.9 cm³/mol. The predicted octanol–water partition coefficient (Wildman–Crippen LogP) is 2.61. The fourth-order valence-corrected chi connectivity index (χ4v) is 2.31. The van der Waals surface area contributed by atoms with E-state index in [4.69, 9.17) is 5.73 Å². The van der Waals surface area contributed by atoms with Crippen molar-refractivity contribution >= 4 is 11.6 Å². The Kier molecular flexibility index (Phi) is 3.56. The summed E-state index contributed by atoms with van der Waals surface area (Å²) < 4.78 is 13.2. The highest BCUT2D eigenvalue weighted by atomic mass is 19.1. The molecule has 1 amide bonds. The molecule has 0 unspecified atom stereocenters. The molecule has 0 atom stereocenters. The third kappa shape index (κ3) is 3.02. The molecule has 0 spiro atoms. The molecule has 1 fully saturated rings. The van der Waals surface area contributed by atoms with Gasteiger partial charge in [0.2, 0.25) is 0 Å². The van der Waals surface area contributed by atoms with E-state index in [9.17, 15) is 9.18 Å². The van der Waals surface area contributed by atoms with E-state index in [2.05, 4.69) is 4.98 Å². The van der Waals surface area contributed by atoms with Gasteiger partial charge in [-0.3, -0.25) is 9.78 Å². The van der Waals surface area contributed by atoms with Gasteiger partial charge in [-0.25, -0.2) is 4.39 Å². The number of rotatable bonds is 4. The van der Waals surface area contributed by atoms with Gasteiger partial charge < -0.3 is 10.6 Å². The molecule has 1 heterocycles. The Hall–Kier alpha value is -2.43. The average Bonchev–Trinajstić information content (AvgIpc) is 3.30. The van der Waals surface area contributed by atoms with Crippen LogP contribution in [0.3, 0.4) is 0 Å². The molecule has 1 saturated carbocycles. The van der Waals surface area contributed by atoms with E-state index in [0.29, 0.717) is 12.2 Å². The smallest absolute Gasteiger partial charge is 0.256 e. The van der Waals surface area contributed by atoms with Crippen molar-refractivity contribution in [1.82, 2.24) is 9.88 Å². The first kappa shape index (κ1) is 13.5. The highest BCUT2D eigenvalue weighted by Crippen LogP contribution is 2.30. The van der Waals surface area contributed by atoms with Gasteiger partial charge in [0.1, 0.15) is 5.82 Å². The Morgan fingerprint density at radius 2 is 2.10 bits per heavy atom. The van der Waals surface area contributed by atoms with Crippen LogP contribution in [0.2, 0.25) is 0 Å². The zero-order valence-electron chi connectivity index (χ0n) is 11.5. The van der Waals surface area contributed by atoms with Crippen molar-refractivity contribution in [2.45, 2.75) is 25.4 Å². The molecule has 0 saturated heterocycles. The first-order valence-electron chi connectivity index (χ1n) is 6.90. The van der Waals surface area contributed by atoms with Crippen molar-refractivity contribution in [1.29, 1.82) is 0 Å². The van der Waals surface area contributed by atoms with Gasteiger partial charge in [0.25, 0.3) is 5.91 Å². The van der Waals surface area contributed by atoms with Crippen molar-refractivity contribution in [3.05, 3.63) is 59.7 Å². The Morgan fingerprint density at radius 1 is 1.33 bits per heavy atom. The molecule has 4 nitrogen and oxygen atoms in total. The summed E-state index contributed by atoms with van der Waals surface area (Å²) >= 11 is 0. The fourth-order valence-electron chi connectivity index (χ4n) is 2.31. The van der Waals surface area contributed by atoms with Gasteiger partial charge >= 0.3 is 0 Å². The second-order valence-corrected chi connectivity index (χ2v) is 5.25. The zero-order valence-corrected chi connectivity index (χ0v) is 11.5. The van der Waals surface area contributed by atoms with Gasteiger partial charge in [-0.2, -0.15) is 0 Å². The molecule has 3 rings (SSSR count). The van der Waals surface area contributed by atoms with E-state index in [1.807, 2.05) is 24.3 Å². The number of hydrogen-bond acceptors (Lipinski definition) is 3. The van der Waals surface area contributed by atoms with E-state index in [-0.39, 0.29) is 17.5 Å². The highest BCUT2D eigenvalue weighted by molar-refractivity contribution is 5.94. The fraction of sp³-hybridized carbons (Fsp3) is 0.250. The first-order valence-corrected chi connectivity index (χ1v) is 6.90. The summed E-state index contributed by atoms with van der Waals surface area (Å²) in [7, 11) is 0. The molecule has 21 heavy (non-hydrogen) atoms. The van der Waals surface area contributed by atoms with Crippen LogP contribution in [0.15, 0.2) is 42.7 Å². The number of amides is 1. The number of halogens is 1. The first-order chi connectivity index (χ1) is 10.1. The van der Waals surface area contributed by atoms with E-state index in [1.54, 1.807) is 4.90 Å². The van der Waals surface area contributed by atoms with Crippen molar-refractivity contribution in [3.63, 3.8) is 0 Å². The average molecular weight is 285 g/mol. The number of nitrogens with zero attached hydrogens (tertiary/aromatic N) is 2. The summed E-state index contributed by atoms with van der Waals surface area (Å²) in [5, 5.41) is 0. The van der Waals surface area contributed by atoms with Crippen LogP contribution >= 0.6 is 0 Å². The Bertz CT molecular complexity index is 670. The number of anilines is 1.